The number of carbonyl (C=O) groups is 1. The average Bonchev–Trinajstić information content (AvgIpc) is 2.84. The Labute approximate surface area is 205 Å². The highest BCUT2D eigenvalue weighted by Crippen LogP contribution is 2.29. The monoisotopic (exact) mass is 497 g/mol. The Morgan fingerprint density at radius 3 is 2.20 bits per heavy atom. The topological polar surface area (TPSA) is 107 Å². The van der Waals surface area contributed by atoms with Crippen LogP contribution in [-0.4, -0.2) is 47.1 Å². The van der Waals surface area contributed by atoms with Crippen molar-refractivity contribution in [2.24, 2.45) is 5.10 Å². The molecule has 3 rings (SSSR count). The number of nitrogens with one attached hydrogen (secondary N) is 1. The van der Waals surface area contributed by atoms with Crippen LogP contribution in [-0.2, 0) is 14.8 Å². The summed E-state index contributed by atoms with van der Waals surface area (Å²) < 4.78 is 42.5. The van der Waals surface area contributed by atoms with Gasteiger partial charge in [0.25, 0.3) is 5.91 Å². The molecule has 0 saturated heterocycles. The number of rotatable bonds is 10. The van der Waals surface area contributed by atoms with E-state index in [1.165, 1.54) is 27.4 Å². The molecule has 1 amide bonds. The Hall–Kier alpha value is -4.05. The summed E-state index contributed by atoms with van der Waals surface area (Å²) in [5, 5.41) is 3.96. The van der Waals surface area contributed by atoms with E-state index in [4.69, 9.17) is 14.2 Å². The second-order valence-corrected chi connectivity index (χ2v) is 9.32. The van der Waals surface area contributed by atoms with Crippen LogP contribution >= 0.6 is 0 Å². The number of hydrogen-bond acceptors (Lipinski definition) is 7. The number of ether oxygens (including phenoxy) is 3. The molecule has 1 N–H and O–H groups in total. The van der Waals surface area contributed by atoms with Gasteiger partial charge in [-0.3, -0.25) is 9.10 Å². The number of nitrogens with zero attached hydrogens (tertiary/aromatic N) is 2. The Morgan fingerprint density at radius 2 is 1.60 bits per heavy atom. The van der Waals surface area contributed by atoms with Gasteiger partial charge >= 0.3 is 0 Å². The molecular formula is C25H27N3O6S. The van der Waals surface area contributed by atoms with Crippen LogP contribution in [0.3, 0.4) is 0 Å². The highest BCUT2D eigenvalue weighted by Gasteiger charge is 2.29. The number of hydrazone groups is 1. The van der Waals surface area contributed by atoms with Crippen molar-refractivity contribution in [2.45, 2.75) is 13.0 Å². The SMILES string of the molecule is COc1cccc(/C=N\NC(=O)[C@H](C)N(c2ccc(Oc3ccccc3)cc2)S(C)(=O)=O)c1OC. The van der Waals surface area contributed by atoms with Gasteiger partial charge in [0.1, 0.15) is 17.5 Å². The molecule has 0 spiro atoms. The molecule has 10 heteroatoms. The minimum atomic E-state index is -3.79. The fraction of sp³-hybridized carbons (Fsp3) is 0.200. The third-order valence-electron chi connectivity index (χ3n) is 4.97. The van der Waals surface area contributed by atoms with Crippen LogP contribution in [0, 0.1) is 0 Å². The molecule has 0 heterocycles. The van der Waals surface area contributed by atoms with Crippen molar-refractivity contribution in [3.63, 3.8) is 0 Å². The first-order chi connectivity index (χ1) is 16.7. The van der Waals surface area contributed by atoms with E-state index in [0.717, 1.165) is 10.6 Å². The molecule has 3 aromatic rings. The van der Waals surface area contributed by atoms with Gasteiger partial charge < -0.3 is 14.2 Å². The van der Waals surface area contributed by atoms with Crippen molar-refractivity contribution in [1.82, 2.24) is 5.43 Å². The highest BCUT2D eigenvalue weighted by atomic mass is 32.2. The van der Waals surface area contributed by atoms with Crippen molar-refractivity contribution in [2.75, 3.05) is 24.8 Å². The summed E-state index contributed by atoms with van der Waals surface area (Å²) in [6.45, 7) is 1.48. The molecule has 0 fully saturated rings. The van der Waals surface area contributed by atoms with Crippen molar-refractivity contribution in [3.8, 4) is 23.0 Å². The lowest BCUT2D eigenvalue weighted by Gasteiger charge is -2.27. The number of amides is 1. The first kappa shape index (κ1) is 25.6. The van der Waals surface area contributed by atoms with Crippen LogP contribution in [0.5, 0.6) is 23.0 Å². The van der Waals surface area contributed by atoms with E-state index in [9.17, 15) is 13.2 Å². The number of anilines is 1. The molecule has 0 saturated carbocycles. The predicted octanol–water partition coefficient (Wildman–Crippen LogP) is 3.80. The van der Waals surface area contributed by atoms with Crippen LogP contribution in [0.4, 0.5) is 5.69 Å². The second-order valence-electron chi connectivity index (χ2n) is 7.46. The van der Waals surface area contributed by atoms with E-state index in [1.54, 1.807) is 42.5 Å². The van der Waals surface area contributed by atoms with E-state index < -0.39 is 22.0 Å². The fourth-order valence-corrected chi connectivity index (χ4v) is 4.54. The van der Waals surface area contributed by atoms with Crippen LogP contribution in [0.1, 0.15) is 12.5 Å². The second kappa shape index (κ2) is 11.4. The van der Waals surface area contributed by atoms with Gasteiger partial charge in [0.05, 0.1) is 32.4 Å². The van der Waals surface area contributed by atoms with Crippen LogP contribution in [0.15, 0.2) is 77.9 Å². The average molecular weight is 498 g/mol. The summed E-state index contributed by atoms with van der Waals surface area (Å²) in [4.78, 5) is 12.8. The van der Waals surface area contributed by atoms with Crippen LogP contribution in [0.2, 0.25) is 0 Å². The summed E-state index contributed by atoms with van der Waals surface area (Å²) in [5.74, 6) is 1.54. The third kappa shape index (κ3) is 6.51. The quantitative estimate of drug-likeness (QED) is 0.337. The first-order valence-electron chi connectivity index (χ1n) is 10.6. The zero-order chi connectivity index (χ0) is 25.4. The van der Waals surface area contributed by atoms with Crippen molar-refractivity contribution in [1.29, 1.82) is 0 Å². The largest absolute Gasteiger partial charge is 0.493 e. The van der Waals surface area contributed by atoms with Crippen molar-refractivity contribution >= 4 is 27.8 Å². The lowest BCUT2D eigenvalue weighted by molar-refractivity contribution is -0.121. The zero-order valence-corrected chi connectivity index (χ0v) is 20.7. The molecule has 9 nitrogen and oxygen atoms in total. The number of sulfonamides is 1. The van der Waals surface area contributed by atoms with Crippen molar-refractivity contribution in [3.05, 3.63) is 78.4 Å². The smallest absolute Gasteiger partial charge is 0.263 e. The Kier molecular flexibility index (Phi) is 8.32. The lowest BCUT2D eigenvalue weighted by atomic mass is 10.2. The molecular weight excluding hydrogens is 470 g/mol. The lowest BCUT2D eigenvalue weighted by Crippen LogP contribution is -2.46. The van der Waals surface area contributed by atoms with E-state index in [0.29, 0.717) is 34.2 Å². The van der Waals surface area contributed by atoms with Crippen molar-refractivity contribution < 1.29 is 27.4 Å². The summed E-state index contributed by atoms with van der Waals surface area (Å²) in [5.41, 5.74) is 3.28. The minimum Gasteiger partial charge on any atom is -0.493 e. The summed E-state index contributed by atoms with van der Waals surface area (Å²) in [7, 11) is -0.775. The van der Waals surface area contributed by atoms with Gasteiger partial charge in [-0.2, -0.15) is 5.10 Å². The Morgan fingerprint density at radius 1 is 0.943 bits per heavy atom. The van der Waals surface area contributed by atoms with E-state index >= 15 is 0 Å². The van der Waals surface area contributed by atoms with Gasteiger partial charge in [-0.25, -0.2) is 13.8 Å². The standard InChI is InChI=1S/C25H27N3O6S/c1-18(25(29)27-26-17-19-9-8-12-23(32-2)24(19)33-3)28(35(4,30)31)20-13-15-22(16-14-20)34-21-10-6-5-7-11-21/h5-18H,1-4H3,(H,27,29)/b26-17-/t18-/m0/s1. The Bertz CT molecular complexity index is 1280. The number of methoxy groups -OCH3 is 2. The van der Waals surface area contributed by atoms with Gasteiger partial charge in [-0.05, 0) is 55.5 Å². The predicted molar refractivity (Wildman–Crippen MR) is 135 cm³/mol. The fourth-order valence-electron chi connectivity index (χ4n) is 3.37. The normalized spacial score (nSPS) is 12.1. The first-order valence-corrected chi connectivity index (χ1v) is 12.5. The van der Waals surface area contributed by atoms with Gasteiger partial charge in [0.2, 0.25) is 10.0 Å². The molecule has 0 aromatic heterocycles. The van der Waals surface area contributed by atoms with Gasteiger partial charge in [0.15, 0.2) is 11.5 Å². The van der Waals surface area contributed by atoms with E-state index in [1.807, 2.05) is 30.3 Å². The van der Waals surface area contributed by atoms with Gasteiger partial charge in [0, 0.05) is 5.56 Å². The number of benzene rings is 3. The summed E-state index contributed by atoms with van der Waals surface area (Å²) >= 11 is 0. The maximum atomic E-state index is 12.8. The maximum absolute atomic E-state index is 12.8. The Balaban J connectivity index is 1.75. The molecule has 0 aliphatic carbocycles. The minimum absolute atomic E-state index is 0.314. The molecule has 184 valence electrons. The summed E-state index contributed by atoms with van der Waals surface area (Å²) in [6.07, 6.45) is 2.43. The molecule has 0 unspecified atom stereocenters. The third-order valence-corrected chi connectivity index (χ3v) is 6.21. The van der Waals surface area contributed by atoms with Gasteiger partial charge in [-0.15, -0.1) is 0 Å². The highest BCUT2D eigenvalue weighted by molar-refractivity contribution is 7.92. The van der Waals surface area contributed by atoms with E-state index in [-0.39, 0.29) is 0 Å². The van der Waals surface area contributed by atoms with E-state index in [2.05, 4.69) is 10.5 Å². The maximum Gasteiger partial charge on any atom is 0.263 e. The van der Waals surface area contributed by atoms with Gasteiger partial charge in [-0.1, -0.05) is 24.3 Å². The molecule has 0 radical (unpaired) electrons. The molecule has 0 bridgehead atoms. The molecule has 0 aliphatic rings. The molecule has 3 aromatic carbocycles. The number of hydrogen-bond donors (Lipinski definition) is 1. The molecule has 1 atom stereocenters. The zero-order valence-electron chi connectivity index (χ0n) is 19.8. The molecule has 35 heavy (non-hydrogen) atoms. The van der Waals surface area contributed by atoms with Crippen LogP contribution < -0.4 is 23.9 Å². The molecule has 0 aliphatic heterocycles. The number of para-hydroxylation sites is 2. The number of carbonyl (C=O) groups excluding carboxylic acids is 1. The summed E-state index contributed by atoms with van der Waals surface area (Å²) in [6, 6.07) is 19.8. The van der Waals surface area contributed by atoms with Crippen LogP contribution in [0.25, 0.3) is 0 Å².